The van der Waals surface area contributed by atoms with Crippen LogP contribution in [-0.4, -0.2) is 83.5 Å². The van der Waals surface area contributed by atoms with E-state index >= 15 is 0 Å². The smallest absolute Gasteiger partial charge is 0.235 e. The van der Waals surface area contributed by atoms with Crippen LogP contribution in [0.25, 0.3) is 22.3 Å². The fourth-order valence-electron chi connectivity index (χ4n) is 8.28. The summed E-state index contributed by atoms with van der Waals surface area (Å²) in [6.45, 7) is 0.0746. The van der Waals surface area contributed by atoms with Crippen molar-refractivity contribution in [3.8, 4) is 51.0 Å². The molecular formula is C35H30N2O11. The van der Waals surface area contributed by atoms with Gasteiger partial charge >= 0.3 is 0 Å². The summed E-state index contributed by atoms with van der Waals surface area (Å²) in [4.78, 5) is 69.8. The standard InChI is InChI=1S/C35H30N2O11/c1-37(2)28-20-8-16-7-19-17(14-3-5-21-23(9-14)47-12-45-21)11-18(15-4-6-22-24(10-15)48-13-46-22)29(38)26(19)30(39)25(16)32(41)35(20,44)33(42)27(31(28)40)34(36)43/h3-6,9-11,16,20,25,27-28,38,44H,7-8,12-13H2,1-2H3,(H2,36,43). The average Bonchev–Trinajstić information content (AvgIpc) is 3.71. The summed E-state index contributed by atoms with van der Waals surface area (Å²) in [5.41, 5.74) is 4.97. The number of carbonyl (C=O) groups is 5. The third-order valence-electron chi connectivity index (χ3n) is 10.4. The second-order valence-corrected chi connectivity index (χ2v) is 13.1. The van der Waals surface area contributed by atoms with Crippen molar-refractivity contribution >= 4 is 29.0 Å². The Morgan fingerprint density at radius 1 is 0.854 bits per heavy atom. The highest BCUT2D eigenvalue weighted by Gasteiger charge is 2.69. The number of ether oxygens (including phenoxy) is 4. The monoisotopic (exact) mass is 654 g/mol. The van der Waals surface area contributed by atoms with Gasteiger partial charge in [0.2, 0.25) is 19.5 Å². The number of nitrogens with two attached hydrogens (primary N) is 1. The predicted molar refractivity (Wildman–Crippen MR) is 164 cm³/mol. The highest BCUT2D eigenvalue weighted by atomic mass is 16.7. The van der Waals surface area contributed by atoms with Crippen LogP contribution in [0.3, 0.4) is 0 Å². The molecule has 3 aliphatic carbocycles. The van der Waals surface area contributed by atoms with E-state index < -0.39 is 64.4 Å². The van der Waals surface area contributed by atoms with Crippen LogP contribution < -0.4 is 24.7 Å². The van der Waals surface area contributed by atoms with Gasteiger partial charge in [-0.3, -0.25) is 28.9 Å². The Balaban J connectivity index is 1.31. The number of Topliss-reactive ketones (excluding diaryl/α,β-unsaturated/α-hetero) is 4. The molecule has 5 aliphatic rings. The Morgan fingerprint density at radius 2 is 1.44 bits per heavy atom. The molecule has 13 heteroatoms. The van der Waals surface area contributed by atoms with E-state index in [0.29, 0.717) is 45.3 Å². The number of benzene rings is 3. The van der Waals surface area contributed by atoms with Crippen LogP contribution in [0.4, 0.5) is 0 Å². The number of hydrogen-bond acceptors (Lipinski definition) is 12. The number of ketones is 4. The van der Waals surface area contributed by atoms with E-state index in [1.54, 1.807) is 56.6 Å². The van der Waals surface area contributed by atoms with Gasteiger partial charge in [-0.1, -0.05) is 12.1 Å². The zero-order valence-corrected chi connectivity index (χ0v) is 25.8. The highest BCUT2D eigenvalue weighted by Crippen LogP contribution is 2.54. The zero-order valence-electron chi connectivity index (χ0n) is 25.8. The number of nitrogens with zero attached hydrogens (tertiary/aromatic N) is 1. The largest absolute Gasteiger partial charge is 0.507 e. The third kappa shape index (κ3) is 4.00. The summed E-state index contributed by atoms with van der Waals surface area (Å²) < 4.78 is 22.1. The predicted octanol–water partition coefficient (Wildman–Crippen LogP) is 1.66. The van der Waals surface area contributed by atoms with E-state index in [0.717, 1.165) is 0 Å². The van der Waals surface area contributed by atoms with Crippen LogP contribution in [0.1, 0.15) is 22.3 Å². The van der Waals surface area contributed by atoms with Gasteiger partial charge in [0.1, 0.15) is 5.75 Å². The lowest BCUT2D eigenvalue weighted by Crippen LogP contribution is -2.74. The Labute approximate surface area is 273 Å². The topological polar surface area (TPSA) is 192 Å². The second kappa shape index (κ2) is 10.4. The maximum atomic E-state index is 14.6. The molecule has 0 spiro atoms. The molecule has 3 aromatic carbocycles. The van der Waals surface area contributed by atoms with Crippen molar-refractivity contribution in [2.75, 3.05) is 27.7 Å². The normalized spacial score (nSPS) is 28.3. The summed E-state index contributed by atoms with van der Waals surface area (Å²) in [5, 5.41) is 23.8. The lowest BCUT2D eigenvalue weighted by atomic mass is 9.52. The summed E-state index contributed by atoms with van der Waals surface area (Å²) in [7, 11) is 3.09. The number of phenols is 1. The van der Waals surface area contributed by atoms with Gasteiger partial charge in [0, 0.05) is 11.5 Å². The van der Waals surface area contributed by atoms with Crippen molar-refractivity contribution in [1.29, 1.82) is 0 Å². The van der Waals surface area contributed by atoms with Gasteiger partial charge < -0.3 is 34.9 Å². The number of aromatic hydroxyl groups is 1. The van der Waals surface area contributed by atoms with E-state index in [9.17, 15) is 34.2 Å². The molecule has 246 valence electrons. The minimum Gasteiger partial charge on any atom is -0.507 e. The summed E-state index contributed by atoms with van der Waals surface area (Å²) in [6, 6.07) is 10.9. The maximum absolute atomic E-state index is 14.6. The second-order valence-electron chi connectivity index (χ2n) is 13.1. The maximum Gasteiger partial charge on any atom is 0.235 e. The minimum absolute atomic E-state index is 0.0284. The molecule has 0 bridgehead atoms. The van der Waals surface area contributed by atoms with Crippen LogP contribution in [-0.2, 0) is 25.6 Å². The third-order valence-corrected chi connectivity index (χ3v) is 10.4. The molecule has 6 unspecified atom stereocenters. The molecule has 2 aliphatic heterocycles. The first-order valence-corrected chi connectivity index (χ1v) is 15.4. The fraction of sp³-hybridized carbons (Fsp3) is 0.343. The average molecular weight is 655 g/mol. The molecule has 4 N–H and O–H groups in total. The molecule has 13 nitrogen and oxygen atoms in total. The molecule has 8 rings (SSSR count). The van der Waals surface area contributed by atoms with Crippen molar-refractivity contribution in [2.24, 2.45) is 29.4 Å². The van der Waals surface area contributed by atoms with Crippen molar-refractivity contribution < 1.29 is 53.1 Å². The van der Waals surface area contributed by atoms with E-state index in [1.807, 2.05) is 0 Å². The van der Waals surface area contributed by atoms with E-state index in [4.69, 9.17) is 24.7 Å². The van der Waals surface area contributed by atoms with Crippen molar-refractivity contribution in [3.05, 3.63) is 53.6 Å². The summed E-state index contributed by atoms with van der Waals surface area (Å²) in [5.74, 6) is -9.20. The Morgan fingerprint density at radius 3 is 2.02 bits per heavy atom. The van der Waals surface area contributed by atoms with Crippen LogP contribution in [0.15, 0.2) is 42.5 Å². The Kier molecular flexibility index (Phi) is 6.50. The number of rotatable bonds is 4. The van der Waals surface area contributed by atoms with Gasteiger partial charge in [0.25, 0.3) is 0 Å². The molecule has 2 saturated carbocycles. The quantitative estimate of drug-likeness (QED) is 0.345. The molecule has 3 aromatic rings. The number of aliphatic hydroxyl groups is 1. The zero-order chi connectivity index (χ0) is 33.8. The number of phenolic OH excluding ortho intramolecular Hbond substituents is 1. The van der Waals surface area contributed by atoms with Crippen LogP contribution in [0.2, 0.25) is 0 Å². The molecule has 2 heterocycles. The number of primary amides is 1. The number of amides is 1. The lowest BCUT2D eigenvalue weighted by Gasteiger charge is -2.52. The molecule has 0 radical (unpaired) electrons. The van der Waals surface area contributed by atoms with Gasteiger partial charge in [0.15, 0.2) is 57.6 Å². The first-order valence-electron chi connectivity index (χ1n) is 15.4. The number of fused-ring (bicyclic) bond motifs is 5. The molecule has 1 amide bonds. The summed E-state index contributed by atoms with van der Waals surface area (Å²) in [6.07, 6.45) is 0.0414. The van der Waals surface area contributed by atoms with Gasteiger partial charge in [0.05, 0.1) is 17.5 Å². The number of hydrogen-bond donors (Lipinski definition) is 3. The van der Waals surface area contributed by atoms with Crippen molar-refractivity contribution in [3.63, 3.8) is 0 Å². The van der Waals surface area contributed by atoms with Gasteiger partial charge in [-0.25, -0.2) is 0 Å². The number of likely N-dealkylation sites (N-methyl/N-ethyl adjacent to an activating group) is 1. The SMILES string of the molecule is CN(C)C1C(=O)C(C(N)=O)C(=O)C2(O)C(=O)C3C(=O)c4c(O)c(-c5ccc6c(c5)OCO6)cc(-c5ccc6c(c5)OCO6)c4CC3CC12. The van der Waals surface area contributed by atoms with Gasteiger partial charge in [-0.2, -0.15) is 0 Å². The molecule has 48 heavy (non-hydrogen) atoms. The molecule has 0 aromatic heterocycles. The first kappa shape index (κ1) is 30.1. The van der Waals surface area contributed by atoms with E-state index in [1.165, 1.54) is 4.90 Å². The molecule has 0 saturated heterocycles. The van der Waals surface area contributed by atoms with Crippen molar-refractivity contribution in [2.45, 2.75) is 24.5 Å². The van der Waals surface area contributed by atoms with E-state index in [-0.39, 0.29) is 43.3 Å². The Hall–Kier alpha value is -5.27. The highest BCUT2D eigenvalue weighted by molar-refractivity contribution is 6.32. The lowest BCUT2D eigenvalue weighted by molar-refractivity contribution is -0.181. The van der Waals surface area contributed by atoms with Crippen LogP contribution >= 0.6 is 0 Å². The fourth-order valence-corrected chi connectivity index (χ4v) is 8.28. The minimum atomic E-state index is -2.82. The van der Waals surface area contributed by atoms with E-state index in [2.05, 4.69) is 0 Å². The summed E-state index contributed by atoms with van der Waals surface area (Å²) >= 11 is 0. The molecule has 6 atom stereocenters. The Bertz CT molecular complexity index is 2000. The van der Waals surface area contributed by atoms with Crippen LogP contribution in [0, 0.1) is 23.7 Å². The van der Waals surface area contributed by atoms with Gasteiger partial charge in [-0.15, -0.1) is 0 Å². The van der Waals surface area contributed by atoms with Crippen LogP contribution in [0.5, 0.6) is 28.7 Å². The van der Waals surface area contributed by atoms with Crippen molar-refractivity contribution in [1.82, 2.24) is 4.90 Å². The first-order chi connectivity index (χ1) is 22.9. The number of carbonyl (C=O) groups excluding carboxylic acids is 5. The molecule has 2 fully saturated rings. The van der Waals surface area contributed by atoms with Gasteiger partial charge in [-0.05, 0) is 85.4 Å². The molecular weight excluding hydrogens is 624 g/mol.